The first-order valence-electron chi connectivity index (χ1n) is 12.5. The Labute approximate surface area is 225 Å². The predicted molar refractivity (Wildman–Crippen MR) is 148 cm³/mol. The van der Waals surface area contributed by atoms with Crippen LogP contribution in [0.2, 0.25) is 0 Å². The van der Waals surface area contributed by atoms with Gasteiger partial charge in [0.25, 0.3) is 10.0 Å². The summed E-state index contributed by atoms with van der Waals surface area (Å²) in [6, 6.07) is 21.4. The Morgan fingerprint density at radius 1 is 0.974 bits per heavy atom. The SMILES string of the molecule is CCCNC(=O)[C@@H](C)N(Cc1cccc(C)c1)C(=O)CN(c1ccccc1OC)S(=O)(=O)c1ccccc1. The lowest BCUT2D eigenvalue weighted by Gasteiger charge is -2.32. The van der Waals surface area contributed by atoms with E-state index in [9.17, 15) is 18.0 Å². The van der Waals surface area contributed by atoms with E-state index < -0.39 is 28.5 Å². The highest BCUT2D eigenvalue weighted by molar-refractivity contribution is 7.92. The molecule has 38 heavy (non-hydrogen) atoms. The number of nitrogens with one attached hydrogen (secondary N) is 1. The molecule has 3 aromatic carbocycles. The van der Waals surface area contributed by atoms with Gasteiger partial charge >= 0.3 is 0 Å². The Balaban J connectivity index is 2.04. The average molecular weight is 538 g/mol. The van der Waals surface area contributed by atoms with E-state index in [4.69, 9.17) is 4.74 Å². The molecule has 0 aromatic heterocycles. The summed E-state index contributed by atoms with van der Waals surface area (Å²) in [4.78, 5) is 28.3. The number of para-hydroxylation sites is 2. The number of carbonyl (C=O) groups is 2. The van der Waals surface area contributed by atoms with Gasteiger partial charge in [0.15, 0.2) is 0 Å². The Morgan fingerprint density at radius 2 is 1.66 bits per heavy atom. The number of carbonyl (C=O) groups excluding carboxylic acids is 2. The second kappa shape index (κ2) is 13.1. The number of ether oxygens (including phenoxy) is 1. The van der Waals surface area contributed by atoms with Crippen molar-refractivity contribution in [3.05, 3.63) is 90.0 Å². The summed E-state index contributed by atoms with van der Waals surface area (Å²) >= 11 is 0. The topological polar surface area (TPSA) is 96.0 Å². The first-order valence-corrected chi connectivity index (χ1v) is 14.0. The number of hydrogen-bond donors (Lipinski definition) is 1. The number of nitrogens with zero attached hydrogens (tertiary/aromatic N) is 2. The van der Waals surface area contributed by atoms with Crippen LogP contribution in [-0.2, 0) is 26.2 Å². The van der Waals surface area contributed by atoms with Gasteiger partial charge in [-0.25, -0.2) is 8.42 Å². The molecule has 202 valence electrons. The van der Waals surface area contributed by atoms with Crippen molar-refractivity contribution in [2.24, 2.45) is 0 Å². The summed E-state index contributed by atoms with van der Waals surface area (Å²) < 4.78 is 34.1. The van der Waals surface area contributed by atoms with E-state index in [0.717, 1.165) is 21.9 Å². The molecular formula is C29H35N3O5S. The summed E-state index contributed by atoms with van der Waals surface area (Å²) in [5.74, 6) is -0.516. The van der Waals surface area contributed by atoms with Gasteiger partial charge in [0.2, 0.25) is 11.8 Å². The Kier molecular flexibility index (Phi) is 9.90. The monoisotopic (exact) mass is 537 g/mol. The fraction of sp³-hybridized carbons (Fsp3) is 0.310. The summed E-state index contributed by atoms with van der Waals surface area (Å²) in [7, 11) is -2.71. The van der Waals surface area contributed by atoms with Crippen molar-refractivity contribution in [1.82, 2.24) is 10.2 Å². The second-order valence-electron chi connectivity index (χ2n) is 8.97. The van der Waals surface area contributed by atoms with Crippen LogP contribution in [0.4, 0.5) is 5.69 Å². The smallest absolute Gasteiger partial charge is 0.264 e. The van der Waals surface area contributed by atoms with Crippen molar-refractivity contribution < 1.29 is 22.7 Å². The molecule has 0 saturated heterocycles. The van der Waals surface area contributed by atoms with Crippen LogP contribution in [0, 0.1) is 6.92 Å². The lowest BCUT2D eigenvalue weighted by atomic mass is 10.1. The number of amides is 2. The minimum absolute atomic E-state index is 0.0395. The summed E-state index contributed by atoms with van der Waals surface area (Å²) in [6.07, 6.45) is 0.751. The second-order valence-corrected chi connectivity index (χ2v) is 10.8. The van der Waals surface area contributed by atoms with Gasteiger partial charge in [-0.15, -0.1) is 0 Å². The number of aryl methyl sites for hydroxylation is 1. The third-order valence-corrected chi connectivity index (χ3v) is 7.89. The van der Waals surface area contributed by atoms with Crippen molar-refractivity contribution in [2.45, 2.75) is 44.7 Å². The molecular weight excluding hydrogens is 502 g/mol. The zero-order valence-corrected chi connectivity index (χ0v) is 23.1. The molecule has 0 radical (unpaired) electrons. The minimum Gasteiger partial charge on any atom is -0.495 e. The first kappa shape index (κ1) is 28.7. The lowest BCUT2D eigenvalue weighted by molar-refractivity contribution is -0.139. The predicted octanol–water partition coefficient (Wildman–Crippen LogP) is 4.14. The molecule has 0 unspecified atom stereocenters. The van der Waals surface area contributed by atoms with E-state index in [-0.39, 0.29) is 23.0 Å². The van der Waals surface area contributed by atoms with Crippen molar-refractivity contribution in [1.29, 1.82) is 0 Å². The standard InChI is InChI=1S/C29H35N3O5S/c1-5-18-30-29(34)23(3)31(20-24-13-11-12-22(2)19-24)28(33)21-32(26-16-9-10-17-27(26)37-4)38(35,36)25-14-7-6-8-15-25/h6-17,19,23H,5,18,20-21H2,1-4H3,(H,30,34)/t23-/m1/s1. The number of benzene rings is 3. The average Bonchev–Trinajstić information content (AvgIpc) is 2.93. The summed E-state index contributed by atoms with van der Waals surface area (Å²) in [5.41, 5.74) is 2.08. The molecule has 0 saturated carbocycles. The van der Waals surface area contributed by atoms with Crippen LogP contribution in [-0.4, -0.2) is 51.4 Å². The molecule has 0 bridgehead atoms. The minimum atomic E-state index is -4.15. The number of anilines is 1. The molecule has 0 heterocycles. The molecule has 0 aliphatic rings. The molecule has 1 atom stereocenters. The quantitative estimate of drug-likeness (QED) is 0.375. The normalized spacial score (nSPS) is 11.9. The Morgan fingerprint density at radius 3 is 2.32 bits per heavy atom. The molecule has 0 spiro atoms. The highest BCUT2D eigenvalue weighted by atomic mass is 32.2. The maximum Gasteiger partial charge on any atom is 0.264 e. The van der Waals surface area contributed by atoms with Crippen molar-refractivity contribution in [3.8, 4) is 5.75 Å². The molecule has 0 fully saturated rings. The number of methoxy groups -OCH3 is 1. The third kappa shape index (κ3) is 6.92. The van der Waals surface area contributed by atoms with Crippen LogP contribution in [0.25, 0.3) is 0 Å². The highest BCUT2D eigenvalue weighted by Gasteiger charge is 2.33. The van der Waals surface area contributed by atoms with Gasteiger partial charge in [-0.3, -0.25) is 13.9 Å². The zero-order valence-electron chi connectivity index (χ0n) is 22.3. The van der Waals surface area contributed by atoms with E-state index in [0.29, 0.717) is 12.3 Å². The molecule has 8 nitrogen and oxygen atoms in total. The van der Waals surface area contributed by atoms with Gasteiger partial charge in [0.05, 0.1) is 17.7 Å². The summed E-state index contributed by atoms with van der Waals surface area (Å²) in [6.45, 7) is 5.65. The van der Waals surface area contributed by atoms with Crippen LogP contribution in [0.3, 0.4) is 0 Å². The van der Waals surface area contributed by atoms with Crippen LogP contribution in [0.15, 0.2) is 83.8 Å². The molecule has 3 aromatic rings. The van der Waals surface area contributed by atoms with Crippen LogP contribution in [0.1, 0.15) is 31.4 Å². The van der Waals surface area contributed by atoms with Crippen molar-refractivity contribution >= 4 is 27.5 Å². The maximum atomic E-state index is 13.9. The number of rotatable bonds is 12. The van der Waals surface area contributed by atoms with E-state index in [2.05, 4.69) is 5.32 Å². The molecule has 2 amide bonds. The van der Waals surface area contributed by atoms with E-state index in [1.54, 1.807) is 49.4 Å². The first-order chi connectivity index (χ1) is 18.2. The van der Waals surface area contributed by atoms with Gasteiger partial charge in [-0.05, 0) is 50.1 Å². The molecule has 0 aliphatic carbocycles. The number of sulfonamides is 1. The van der Waals surface area contributed by atoms with Gasteiger partial charge in [-0.2, -0.15) is 0 Å². The lowest BCUT2D eigenvalue weighted by Crippen LogP contribution is -2.51. The van der Waals surface area contributed by atoms with Gasteiger partial charge in [0.1, 0.15) is 18.3 Å². The van der Waals surface area contributed by atoms with Crippen molar-refractivity contribution in [3.63, 3.8) is 0 Å². The molecule has 9 heteroatoms. The van der Waals surface area contributed by atoms with Gasteiger partial charge in [-0.1, -0.05) is 67.1 Å². The highest BCUT2D eigenvalue weighted by Crippen LogP contribution is 2.32. The van der Waals surface area contributed by atoms with Gasteiger partial charge in [0, 0.05) is 13.1 Å². The van der Waals surface area contributed by atoms with Crippen molar-refractivity contribution in [2.75, 3.05) is 24.5 Å². The maximum absolute atomic E-state index is 13.9. The van der Waals surface area contributed by atoms with E-state index in [1.807, 2.05) is 38.1 Å². The van der Waals surface area contributed by atoms with E-state index in [1.165, 1.54) is 24.1 Å². The number of hydrogen-bond acceptors (Lipinski definition) is 5. The largest absolute Gasteiger partial charge is 0.495 e. The van der Waals surface area contributed by atoms with Gasteiger partial charge < -0.3 is 15.0 Å². The molecule has 1 N–H and O–H groups in total. The Bertz CT molecular complexity index is 1350. The molecule has 0 aliphatic heterocycles. The summed E-state index contributed by atoms with van der Waals surface area (Å²) in [5, 5.41) is 2.84. The third-order valence-electron chi connectivity index (χ3n) is 6.12. The Hall–Kier alpha value is -3.85. The van der Waals surface area contributed by atoms with Crippen LogP contribution >= 0.6 is 0 Å². The van der Waals surface area contributed by atoms with Crippen LogP contribution in [0.5, 0.6) is 5.75 Å². The zero-order chi connectivity index (χ0) is 27.7. The van der Waals surface area contributed by atoms with E-state index >= 15 is 0 Å². The fourth-order valence-corrected chi connectivity index (χ4v) is 5.50. The molecule has 3 rings (SSSR count). The fourth-order valence-electron chi connectivity index (χ4n) is 4.05. The van der Waals surface area contributed by atoms with Crippen LogP contribution < -0.4 is 14.4 Å².